The molecule has 78 valence electrons. The molecular formula is C11H11BrN2S. The van der Waals surface area contributed by atoms with Crippen molar-refractivity contribution in [3.05, 3.63) is 45.2 Å². The number of rotatable bonds is 4. The van der Waals surface area contributed by atoms with Gasteiger partial charge in [0.25, 0.3) is 0 Å². The van der Waals surface area contributed by atoms with E-state index < -0.39 is 0 Å². The van der Waals surface area contributed by atoms with E-state index in [1.807, 2.05) is 12.1 Å². The zero-order chi connectivity index (χ0) is 10.5. The molecule has 0 radical (unpaired) electrons. The van der Waals surface area contributed by atoms with Gasteiger partial charge in [-0.05, 0) is 45.9 Å². The van der Waals surface area contributed by atoms with Gasteiger partial charge in [0.1, 0.15) is 5.82 Å². The molecule has 0 atom stereocenters. The molecule has 0 fully saturated rings. The Morgan fingerprint density at radius 1 is 1.33 bits per heavy atom. The van der Waals surface area contributed by atoms with Gasteiger partial charge in [0.15, 0.2) is 0 Å². The second kappa shape index (κ2) is 5.28. The minimum absolute atomic E-state index is 0.911. The second-order valence-corrected chi connectivity index (χ2v) is 4.98. The molecule has 15 heavy (non-hydrogen) atoms. The van der Waals surface area contributed by atoms with Crippen LogP contribution >= 0.6 is 27.3 Å². The number of aromatic nitrogens is 1. The minimum atomic E-state index is 0.911. The van der Waals surface area contributed by atoms with Crippen LogP contribution in [0.15, 0.2) is 40.3 Å². The Morgan fingerprint density at radius 2 is 2.27 bits per heavy atom. The van der Waals surface area contributed by atoms with Crippen molar-refractivity contribution in [1.29, 1.82) is 0 Å². The molecule has 0 saturated heterocycles. The van der Waals surface area contributed by atoms with Gasteiger partial charge in [-0.3, -0.25) is 0 Å². The van der Waals surface area contributed by atoms with Gasteiger partial charge in [-0.25, -0.2) is 4.98 Å². The number of thiophene rings is 1. The lowest BCUT2D eigenvalue weighted by atomic mass is 10.3. The number of nitrogens with one attached hydrogen (secondary N) is 1. The summed E-state index contributed by atoms with van der Waals surface area (Å²) in [6.07, 6.45) is 2.83. The molecule has 4 heteroatoms. The summed E-state index contributed by atoms with van der Waals surface area (Å²) in [6.45, 7) is 0.913. The number of hydrogen-bond acceptors (Lipinski definition) is 3. The second-order valence-electron chi connectivity index (χ2n) is 3.09. The summed E-state index contributed by atoms with van der Waals surface area (Å²) in [5.41, 5.74) is 0. The molecule has 2 aromatic rings. The van der Waals surface area contributed by atoms with Gasteiger partial charge in [0.2, 0.25) is 0 Å². The molecule has 0 aromatic carbocycles. The van der Waals surface area contributed by atoms with Gasteiger partial charge >= 0.3 is 0 Å². The summed E-state index contributed by atoms with van der Waals surface area (Å²) < 4.78 is 1.01. The number of pyridine rings is 1. The Kier molecular flexibility index (Phi) is 3.75. The Balaban J connectivity index is 1.86. The standard InChI is InChI=1S/C11H11BrN2S/c12-10-4-1-6-13-11(10)14-7-5-9-3-2-8-15-9/h1-4,6,8H,5,7H2,(H,13,14). The van der Waals surface area contributed by atoms with Crippen molar-refractivity contribution in [2.24, 2.45) is 0 Å². The van der Waals surface area contributed by atoms with Gasteiger partial charge in [-0.2, -0.15) is 0 Å². The molecule has 0 spiro atoms. The first-order valence-electron chi connectivity index (χ1n) is 4.73. The molecule has 2 rings (SSSR count). The summed E-state index contributed by atoms with van der Waals surface area (Å²) >= 11 is 5.24. The predicted octanol–water partition coefficient (Wildman–Crippen LogP) is 3.56. The number of anilines is 1. The molecule has 0 bridgehead atoms. The zero-order valence-corrected chi connectivity index (χ0v) is 10.5. The van der Waals surface area contributed by atoms with Crippen LogP contribution in [0.5, 0.6) is 0 Å². The summed E-state index contributed by atoms with van der Waals surface area (Å²) in [5, 5.41) is 5.40. The number of hydrogen-bond donors (Lipinski definition) is 1. The first kappa shape index (κ1) is 10.6. The van der Waals surface area contributed by atoms with Crippen LogP contribution in [0.1, 0.15) is 4.88 Å². The quantitative estimate of drug-likeness (QED) is 0.928. The molecule has 2 heterocycles. The van der Waals surface area contributed by atoms with E-state index in [1.54, 1.807) is 17.5 Å². The SMILES string of the molecule is Brc1cccnc1NCCc1cccs1. The molecule has 0 aliphatic carbocycles. The summed E-state index contributed by atoms with van der Waals surface area (Å²) in [5.74, 6) is 0.911. The molecule has 0 unspecified atom stereocenters. The van der Waals surface area contributed by atoms with Crippen molar-refractivity contribution in [3.63, 3.8) is 0 Å². The third kappa shape index (κ3) is 3.04. The van der Waals surface area contributed by atoms with E-state index >= 15 is 0 Å². The first-order valence-corrected chi connectivity index (χ1v) is 6.40. The largest absolute Gasteiger partial charge is 0.369 e. The highest BCUT2D eigenvalue weighted by Crippen LogP contribution is 2.18. The highest BCUT2D eigenvalue weighted by molar-refractivity contribution is 9.10. The van der Waals surface area contributed by atoms with E-state index in [0.717, 1.165) is 23.3 Å². The minimum Gasteiger partial charge on any atom is -0.369 e. The Labute approximate surface area is 101 Å². The van der Waals surface area contributed by atoms with Crippen LogP contribution in [0.4, 0.5) is 5.82 Å². The normalized spacial score (nSPS) is 10.2. The maximum Gasteiger partial charge on any atom is 0.140 e. The van der Waals surface area contributed by atoms with Crippen molar-refractivity contribution in [3.8, 4) is 0 Å². The van der Waals surface area contributed by atoms with E-state index in [2.05, 4.69) is 43.7 Å². The average Bonchev–Trinajstić information content (AvgIpc) is 2.74. The van der Waals surface area contributed by atoms with Crippen LogP contribution in [-0.4, -0.2) is 11.5 Å². The monoisotopic (exact) mass is 282 g/mol. The fraction of sp³-hybridized carbons (Fsp3) is 0.182. The van der Waals surface area contributed by atoms with E-state index in [1.165, 1.54) is 4.88 Å². The van der Waals surface area contributed by atoms with E-state index in [-0.39, 0.29) is 0 Å². The van der Waals surface area contributed by atoms with Crippen LogP contribution in [0, 0.1) is 0 Å². The molecule has 0 aliphatic rings. The van der Waals surface area contributed by atoms with Gasteiger partial charge in [0, 0.05) is 17.6 Å². The van der Waals surface area contributed by atoms with Gasteiger partial charge in [-0.1, -0.05) is 6.07 Å². The Morgan fingerprint density at radius 3 is 3.00 bits per heavy atom. The maximum atomic E-state index is 4.24. The third-order valence-electron chi connectivity index (χ3n) is 2.00. The van der Waals surface area contributed by atoms with Crippen molar-refractivity contribution in [2.45, 2.75) is 6.42 Å². The molecule has 0 saturated carbocycles. The van der Waals surface area contributed by atoms with Crippen molar-refractivity contribution >= 4 is 33.1 Å². The highest BCUT2D eigenvalue weighted by Gasteiger charge is 1.99. The molecular weight excluding hydrogens is 272 g/mol. The maximum absolute atomic E-state index is 4.24. The fourth-order valence-corrected chi connectivity index (χ4v) is 2.38. The number of nitrogens with zero attached hydrogens (tertiary/aromatic N) is 1. The third-order valence-corrected chi connectivity index (χ3v) is 3.58. The zero-order valence-electron chi connectivity index (χ0n) is 8.11. The summed E-state index contributed by atoms with van der Waals surface area (Å²) in [6, 6.07) is 8.13. The van der Waals surface area contributed by atoms with E-state index in [0.29, 0.717) is 0 Å². The van der Waals surface area contributed by atoms with Crippen molar-refractivity contribution in [2.75, 3.05) is 11.9 Å². The smallest absolute Gasteiger partial charge is 0.140 e. The summed E-state index contributed by atoms with van der Waals surface area (Å²) in [4.78, 5) is 5.64. The molecule has 0 amide bonds. The van der Waals surface area contributed by atoms with Gasteiger partial charge in [-0.15, -0.1) is 11.3 Å². The van der Waals surface area contributed by atoms with E-state index in [9.17, 15) is 0 Å². The summed E-state index contributed by atoms with van der Waals surface area (Å²) in [7, 11) is 0. The first-order chi connectivity index (χ1) is 7.36. The average molecular weight is 283 g/mol. The molecule has 0 aliphatic heterocycles. The Bertz CT molecular complexity index is 414. The molecule has 1 N–H and O–H groups in total. The molecule has 2 aromatic heterocycles. The number of halogens is 1. The van der Waals surface area contributed by atoms with Crippen LogP contribution in [0.25, 0.3) is 0 Å². The van der Waals surface area contributed by atoms with Gasteiger partial charge < -0.3 is 5.32 Å². The van der Waals surface area contributed by atoms with Crippen LogP contribution in [0.3, 0.4) is 0 Å². The highest BCUT2D eigenvalue weighted by atomic mass is 79.9. The van der Waals surface area contributed by atoms with Crippen molar-refractivity contribution in [1.82, 2.24) is 4.98 Å². The fourth-order valence-electron chi connectivity index (χ4n) is 1.27. The van der Waals surface area contributed by atoms with Crippen LogP contribution in [0.2, 0.25) is 0 Å². The predicted molar refractivity (Wildman–Crippen MR) is 68.4 cm³/mol. The van der Waals surface area contributed by atoms with Crippen LogP contribution in [-0.2, 0) is 6.42 Å². The lowest BCUT2D eigenvalue weighted by Gasteiger charge is -2.05. The van der Waals surface area contributed by atoms with Crippen LogP contribution < -0.4 is 5.32 Å². The van der Waals surface area contributed by atoms with Gasteiger partial charge in [0.05, 0.1) is 4.47 Å². The Hall–Kier alpha value is -0.870. The van der Waals surface area contributed by atoms with Crippen molar-refractivity contribution < 1.29 is 0 Å². The molecule has 2 nitrogen and oxygen atoms in total. The van der Waals surface area contributed by atoms with E-state index in [4.69, 9.17) is 0 Å². The lowest BCUT2D eigenvalue weighted by molar-refractivity contribution is 1.03. The topological polar surface area (TPSA) is 24.9 Å². The lowest BCUT2D eigenvalue weighted by Crippen LogP contribution is -2.05.